The van der Waals surface area contributed by atoms with E-state index in [9.17, 15) is 9.59 Å². The highest BCUT2D eigenvalue weighted by Crippen LogP contribution is 2.16. The predicted molar refractivity (Wildman–Crippen MR) is 88.9 cm³/mol. The third-order valence-electron chi connectivity index (χ3n) is 3.70. The molecule has 1 aliphatic heterocycles. The fourth-order valence-electron chi connectivity index (χ4n) is 2.42. The number of rotatable bonds is 5. The normalized spacial score (nSPS) is 17.6. The summed E-state index contributed by atoms with van der Waals surface area (Å²) in [4.78, 5) is 24.0. The van der Waals surface area contributed by atoms with Crippen LogP contribution in [0.15, 0.2) is 24.3 Å². The number of fused-ring (bicyclic) bond motifs is 1. The van der Waals surface area contributed by atoms with Crippen molar-refractivity contribution in [1.29, 1.82) is 0 Å². The zero-order chi connectivity index (χ0) is 15.2. The second-order valence-electron chi connectivity index (χ2n) is 5.43. The highest BCUT2D eigenvalue weighted by atomic mass is 35.5. The molecule has 122 valence electrons. The van der Waals surface area contributed by atoms with E-state index in [1.165, 1.54) is 11.1 Å². The Labute approximate surface area is 137 Å². The van der Waals surface area contributed by atoms with Gasteiger partial charge in [-0.25, -0.2) is 0 Å². The summed E-state index contributed by atoms with van der Waals surface area (Å²) in [5, 5.41) is 8.78. The van der Waals surface area contributed by atoms with Crippen molar-refractivity contribution in [3.8, 4) is 0 Å². The Morgan fingerprint density at radius 1 is 1.32 bits per heavy atom. The van der Waals surface area contributed by atoms with Crippen molar-refractivity contribution in [2.24, 2.45) is 0 Å². The lowest BCUT2D eigenvalue weighted by Crippen LogP contribution is -2.53. The average molecular weight is 326 g/mol. The first-order chi connectivity index (χ1) is 10.1. The summed E-state index contributed by atoms with van der Waals surface area (Å²) < 4.78 is 0. The van der Waals surface area contributed by atoms with Gasteiger partial charge in [0.05, 0.1) is 6.04 Å². The van der Waals surface area contributed by atoms with Crippen LogP contribution >= 0.6 is 12.4 Å². The first-order valence-electron chi connectivity index (χ1n) is 7.50. The van der Waals surface area contributed by atoms with E-state index in [1.54, 1.807) is 6.92 Å². The second kappa shape index (κ2) is 8.76. The van der Waals surface area contributed by atoms with Crippen molar-refractivity contribution in [2.45, 2.75) is 45.3 Å². The first-order valence-corrected chi connectivity index (χ1v) is 7.50. The van der Waals surface area contributed by atoms with Gasteiger partial charge in [-0.2, -0.15) is 0 Å². The summed E-state index contributed by atoms with van der Waals surface area (Å²) in [6.45, 7) is 5.02. The smallest absolute Gasteiger partial charge is 0.242 e. The van der Waals surface area contributed by atoms with Crippen LogP contribution < -0.4 is 16.0 Å². The molecule has 0 saturated carbocycles. The average Bonchev–Trinajstić information content (AvgIpc) is 2.51. The summed E-state index contributed by atoms with van der Waals surface area (Å²) in [5.74, 6) is -0.259. The van der Waals surface area contributed by atoms with Crippen molar-refractivity contribution in [3.05, 3.63) is 35.4 Å². The van der Waals surface area contributed by atoms with Crippen molar-refractivity contribution >= 4 is 24.2 Å². The number of hydrogen-bond donors (Lipinski definition) is 3. The van der Waals surface area contributed by atoms with Gasteiger partial charge in [-0.15, -0.1) is 12.4 Å². The summed E-state index contributed by atoms with van der Waals surface area (Å²) in [6.07, 6.45) is 1.54. The van der Waals surface area contributed by atoms with Crippen LogP contribution in [0.4, 0.5) is 0 Å². The third-order valence-corrected chi connectivity index (χ3v) is 3.70. The molecule has 1 aliphatic rings. The van der Waals surface area contributed by atoms with Crippen LogP contribution in [0.25, 0.3) is 0 Å². The van der Waals surface area contributed by atoms with Crippen molar-refractivity contribution in [2.75, 3.05) is 6.54 Å². The highest BCUT2D eigenvalue weighted by Gasteiger charge is 2.26. The number of hydrogen-bond acceptors (Lipinski definition) is 3. The number of carbonyl (C=O) groups excluding carboxylic acids is 2. The van der Waals surface area contributed by atoms with Crippen LogP contribution in [0.1, 0.15) is 31.4 Å². The molecule has 0 aliphatic carbocycles. The van der Waals surface area contributed by atoms with Gasteiger partial charge in [-0.1, -0.05) is 31.2 Å². The summed E-state index contributed by atoms with van der Waals surface area (Å²) >= 11 is 0. The van der Waals surface area contributed by atoms with E-state index >= 15 is 0 Å². The van der Waals surface area contributed by atoms with Gasteiger partial charge >= 0.3 is 0 Å². The maximum Gasteiger partial charge on any atom is 0.242 e. The third kappa shape index (κ3) is 4.71. The van der Waals surface area contributed by atoms with Crippen LogP contribution in [0.5, 0.6) is 0 Å². The molecule has 2 rings (SSSR count). The lowest BCUT2D eigenvalue weighted by Gasteiger charge is -2.26. The molecule has 1 aromatic carbocycles. The van der Waals surface area contributed by atoms with E-state index in [0.29, 0.717) is 19.5 Å². The van der Waals surface area contributed by atoms with E-state index < -0.39 is 6.04 Å². The molecule has 0 radical (unpaired) electrons. The van der Waals surface area contributed by atoms with Gasteiger partial charge in [0, 0.05) is 13.1 Å². The molecule has 6 heteroatoms. The number of amides is 2. The Kier molecular flexibility index (Phi) is 7.35. The van der Waals surface area contributed by atoms with Crippen LogP contribution in [0.2, 0.25) is 0 Å². The second-order valence-corrected chi connectivity index (χ2v) is 5.43. The van der Waals surface area contributed by atoms with E-state index in [2.05, 4.69) is 22.0 Å². The van der Waals surface area contributed by atoms with Gasteiger partial charge in [0.2, 0.25) is 11.8 Å². The molecular weight excluding hydrogens is 302 g/mol. The topological polar surface area (TPSA) is 70.2 Å². The van der Waals surface area contributed by atoms with E-state index in [-0.39, 0.29) is 30.3 Å². The molecule has 0 bridgehead atoms. The summed E-state index contributed by atoms with van der Waals surface area (Å²) in [5.41, 5.74) is 2.43. The maximum atomic E-state index is 12.2. The molecule has 2 amide bonds. The van der Waals surface area contributed by atoms with E-state index in [4.69, 9.17) is 0 Å². The molecule has 0 spiro atoms. The SMILES string of the molecule is CCCNC(=O)[C@@H](C)NC(=O)[C@@H]1Cc2ccccc2CN1.Cl. The molecule has 1 aromatic rings. The van der Waals surface area contributed by atoms with Crippen LogP contribution in [0, 0.1) is 0 Å². The number of halogens is 1. The molecule has 0 aromatic heterocycles. The minimum absolute atomic E-state index is 0. The number of benzene rings is 1. The van der Waals surface area contributed by atoms with Crippen molar-refractivity contribution in [1.82, 2.24) is 16.0 Å². The molecule has 0 unspecified atom stereocenters. The van der Waals surface area contributed by atoms with Crippen molar-refractivity contribution < 1.29 is 9.59 Å². The first kappa shape index (κ1) is 18.5. The quantitative estimate of drug-likeness (QED) is 0.760. The van der Waals surface area contributed by atoms with Crippen LogP contribution in [0.3, 0.4) is 0 Å². The Morgan fingerprint density at radius 3 is 2.68 bits per heavy atom. The monoisotopic (exact) mass is 325 g/mol. The molecule has 2 atom stereocenters. The van der Waals surface area contributed by atoms with Gasteiger partial charge in [0.25, 0.3) is 0 Å². The minimum atomic E-state index is -0.511. The zero-order valence-corrected chi connectivity index (χ0v) is 13.8. The molecular formula is C16H24ClN3O2. The molecule has 0 saturated heterocycles. The number of carbonyl (C=O) groups is 2. The van der Waals surface area contributed by atoms with Gasteiger partial charge in [-0.3, -0.25) is 9.59 Å². The van der Waals surface area contributed by atoms with Crippen LogP contribution in [-0.2, 0) is 22.6 Å². The largest absolute Gasteiger partial charge is 0.354 e. The number of nitrogens with one attached hydrogen (secondary N) is 3. The fourth-order valence-corrected chi connectivity index (χ4v) is 2.42. The lowest BCUT2D eigenvalue weighted by atomic mass is 9.95. The molecule has 0 fully saturated rings. The maximum absolute atomic E-state index is 12.2. The van der Waals surface area contributed by atoms with E-state index in [1.807, 2.05) is 25.1 Å². The fraction of sp³-hybridized carbons (Fsp3) is 0.500. The predicted octanol–water partition coefficient (Wildman–Crippen LogP) is 1.15. The van der Waals surface area contributed by atoms with E-state index in [0.717, 1.165) is 6.42 Å². The lowest BCUT2D eigenvalue weighted by molar-refractivity contribution is -0.129. The molecule has 22 heavy (non-hydrogen) atoms. The molecule has 1 heterocycles. The van der Waals surface area contributed by atoms with Crippen LogP contribution in [-0.4, -0.2) is 30.4 Å². The Hall–Kier alpha value is -1.59. The molecule has 3 N–H and O–H groups in total. The molecule has 5 nitrogen and oxygen atoms in total. The summed E-state index contributed by atoms with van der Waals surface area (Å²) in [7, 11) is 0. The van der Waals surface area contributed by atoms with Gasteiger partial charge in [0.1, 0.15) is 6.04 Å². The van der Waals surface area contributed by atoms with Gasteiger partial charge in [-0.05, 0) is 30.9 Å². The zero-order valence-electron chi connectivity index (χ0n) is 13.0. The van der Waals surface area contributed by atoms with Gasteiger partial charge < -0.3 is 16.0 Å². The Balaban J connectivity index is 0.00000242. The Bertz CT molecular complexity index is 522. The standard InChI is InChI=1S/C16H23N3O2.ClH/c1-3-8-17-15(20)11(2)19-16(21)14-9-12-6-4-5-7-13(12)10-18-14;/h4-7,11,14,18H,3,8-10H2,1-2H3,(H,17,20)(H,19,21);1H/t11-,14+;/m1./s1. The Morgan fingerprint density at radius 2 is 2.00 bits per heavy atom. The minimum Gasteiger partial charge on any atom is -0.354 e. The highest BCUT2D eigenvalue weighted by molar-refractivity contribution is 5.89. The van der Waals surface area contributed by atoms with Gasteiger partial charge in [0.15, 0.2) is 0 Å². The van der Waals surface area contributed by atoms with Crippen molar-refractivity contribution in [3.63, 3.8) is 0 Å². The summed E-state index contributed by atoms with van der Waals surface area (Å²) in [6, 6.07) is 7.32.